The fraction of sp³-hybridized carbons (Fsp3) is 0. The molecule has 3 aromatic rings. The molecule has 84 valence electrons. The monoisotopic (exact) mass is 260 g/mol. The largest absolute Gasteiger partial charge is 0.478 e. The van der Waals surface area contributed by atoms with Crippen molar-refractivity contribution in [2.24, 2.45) is 0 Å². The van der Waals surface area contributed by atoms with Gasteiger partial charge >= 0.3 is 5.97 Å². The minimum Gasteiger partial charge on any atom is -0.478 e. The predicted molar refractivity (Wildman–Crippen MR) is 72.1 cm³/mol. The molecule has 0 unspecified atom stereocenters. The van der Waals surface area contributed by atoms with Gasteiger partial charge in [0.2, 0.25) is 0 Å². The number of carboxylic acids is 1. The molecule has 0 aliphatic carbocycles. The Morgan fingerprint density at radius 1 is 1.18 bits per heavy atom. The van der Waals surface area contributed by atoms with E-state index < -0.39 is 5.97 Å². The van der Waals surface area contributed by atoms with Gasteiger partial charge in [-0.15, -0.1) is 22.7 Å². The van der Waals surface area contributed by atoms with E-state index in [0.717, 1.165) is 10.4 Å². The fourth-order valence-corrected chi connectivity index (χ4v) is 3.68. The van der Waals surface area contributed by atoms with Crippen molar-refractivity contribution in [3.8, 4) is 10.4 Å². The predicted octanol–water partition coefficient (Wildman–Crippen LogP) is 4.33. The molecular weight excluding hydrogens is 252 g/mol. The third-order valence-corrected chi connectivity index (χ3v) is 4.52. The summed E-state index contributed by atoms with van der Waals surface area (Å²) in [4.78, 5) is 11.9. The van der Waals surface area contributed by atoms with Crippen LogP contribution in [0, 0.1) is 0 Å². The minimum absolute atomic E-state index is 0.360. The topological polar surface area (TPSA) is 37.3 Å². The molecule has 0 aliphatic rings. The lowest BCUT2D eigenvalue weighted by atomic mass is 10.1. The van der Waals surface area contributed by atoms with Crippen LogP contribution < -0.4 is 0 Å². The average molecular weight is 260 g/mol. The highest BCUT2D eigenvalue weighted by atomic mass is 32.1. The van der Waals surface area contributed by atoms with Crippen LogP contribution in [0.15, 0.2) is 41.1 Å². The molecule has 17 heavy (non-hydrogen) atoms. The van der Waals surface area contributed by atoms with Gasteiger partial charge in [-0.1, -0.05) is 18.2 Å². The lowest BCUT2D eigenvalue weighted by Gasteiger charge is -1.98. The van der Waals surface area contributed by atoms with E-state index in [4.69, 9.17) is 5.11 Å². The molecule has 2 nitrogen and oxygen atoms in total. The summed E-state index contributed by atoms with van der Waals surface area (Å²) in [7, 11) is 0. The Morgan fingerprint density at radius 2 is 2.06 bits per heavy atom. The first-order chi connectivity index (χ1) is 8.25. The second kappa shape index (κ2) is 3.98. The second-order valence-corrected chi connectivity index (χ2v) is 5.48. The van der Waals surface area contributed by atoms with Gasteiger partial charge in [0.05, 0.1) is 5.56 Å². The quantitative estimate of drug-likeness (QED) is 0.744. The zero-order valence-corrected chi connectivity index (χ0v) is 10.3. The van der Waals surface area contributed by atoms with Crippen LogP contribution >= 0.6 is 22.7 Å². The number of carbonyl (C=O) groups is 1. The summed E-state index contributed by atoms with van der Waals surface area (Å²) in [5, 5.41) is 13.9. The zero-order chi connectivity index (χ0) is 11.8. The standard InChI is InChI=1S/C13H8O2S2/c14-13(15)9-6-11(17-7-9)10-3-1-2-8-4-5-16-12(8)10/h1-7H,(H,14,15). The van der Waals surface area contributed by atoms with Crippen molar-refractivity contribution >= 4 is 38.7 Å². The fourth-order valence-electron chi connectivity index (χ4n) is 1.78. The Morgan fingerprint density at radius 3 is 2.82 bits per heavy atom. The number of thiophene rings is 2. The molecule has 0 radical (unpaired) electrons. The summed E-state index contributed by atoms with van der Waals surface area (Å²) < 4.78 is 1.21. The summed E-state index contributed by atoms with van der Waals surface area (Å²) in [6, 6.07) is 9.93. The van der Waals surface area contributed by atoms with E-state index in [9.17, 15) is 4.79 Å². The van der Waals surface area contributed by atoms with Crippen LogP contribution in [0.25, 0.3) is 20.5 Å². The molecule has 1 N–H and O–H groups in total. The van der Waals surface area contributed by atoms with Crippen molar-refractivity contribution in [1.29, 1.82) is 0 Å². The Hall–Kier alpha value is -1.65. The van der Waals surface area contributed by atoms with E-state index in [-0.39, 0.29) is 0 Å². The van der Waals surface area contributed by atoms with E-state index in [1.54, 1.807) is 22.8 Å². The molecule has 0 saturated carbocycles. The summed E-state index contributed by atoms with van der Waals surface area (Å²) in [6.45, 7) is 0. The maximum atomic E-state index is 10.9. The van der Waals surface area contributed by atoms with Crippen molar-refractivity contribution < 1.29 is 9.90 Å². The summed E-state index contributed by atoms with van der Waals surface area (Å²) in [5.41, 5.74) is 1.48. The van der Waals surface area contributed by atoms with Gasteiger partial charge in [-0.25, -0.2) is 4.79 Å². The molecule has 0 atom stereocenters. The van der Waals surface area contributed by atoms with Gasteiger partial charge in [0.25, 0.3) is 0 Å². The van der Waals surface area contributed by atoms with Gasteiger partial charge in [-0.05, 0) is 22.9 Å². The smallest absolute Gasteiger partial charge is 0.336 e. The van der Waals surface area contributed by atoms with Crippen LogP contribution in [0.5, 0.6) is 0 Å². The van der Waals surface area contributed by atoms with Crippen LogP contribution in [-0.4, -0.2) is 11.1 Å². The number of hydrogen-bond donors (Lipinski definition) is 1. The first-order valence-electron chi connectivity index (χ1n) is 5.04. The van der Waals surface area contributed by atoms with Gasteiger partial charge in [0.15, 0.2) is 0 Å². The molecule has 0 spiro atoms. The molecule has 3 rings (SSSR count). The number of benzene rings is 1. The number of carboxylic acid groups (broad SMARTS) is 1. The third kappa shape index (κ3) is 1.75. The van der Waals surface area contributed by atoms with Crippen molar-refractivity contribution in [3.05, 3.63) is 46.7 Å². The molecule has 1 aromatic carbocycles. The van der Waals surface area contributed by atoms with Gasteiger partial charge in [-0.2, -0.15) is 0 Å². The molecular formula is C13H8O2S2. The molecule has 2 aromatic heterocycles. The number of rotatable bonds is 2. The van der Waals surface area contributed by atoms with E-state index in [0.29, 0.717) is 5.56 Å². The van der Waals surface area contributed by atoms with Gasteiger partial charge in [0, 0.05) is 20.5 Å². The summed E-state index contributed by atoms with van der Waals surface area (Å²) >= 11 is 3.16. The SMILES string of the molecule is O=C(O)c1csc(-c2cccc3ccsc23)c1. The Labute approximate surface area is 106 Å². The van der Waals surface area contributed by atoms with E-state index in [2.05, 4.69) is 17.5 Å². The van der Waals surface area contributed by atoms with Crippen LogP contribution in [0.1, 0.15) is 10.4 Å². The van der Waals surface area contributed by atoms with Crippen LogP contribution in [0.2, 0.25) is 0 Å². The molecule has 4 heteroatoms. The highest BCUT2D eigenvalue weighted by Gasteiger charge is 2.10. The number of aromatic carboxylic acids is 1. The normalized spacial score (nSPS) is 10.8. The van der Waals surface area contributed by atoms with Gasteiger partial charge in [-0.3, -0.25) is 0 Å². The van der Waals surface area contributed by atoms with Crippen LogP contribution in [-0.2, 0) is 0 Å². The van der Waals surface area contributed by atoms with E-state index in [1.807, 2.05) is 12.1 Å². The van der Waals surface area contributed by atoms with Gasteiger partial charge < -0.3 is 5.11 Å². The highest BCUT2D eigenvalue weighted by molar-refractivity contribution is 7.19. The summed E-state index contributed by atoms with van der Waals surface area (Å²) in [5.74, 6) is -0.870. The Balaban J connectivity index is 2.19. The average Bonchev–Trinajstić information content (AvgIpc) is 2.97. The Bertz CT molecular complexity index is 694. The number of fused-ring (bicyclic) bond motifs is 1. The summed E-state index contributed by atoms with van der Waals surface area (Å²) in [6.07, 6.45) is 0. The third-order valence-electron chi connectivity index (χ3n) is 2.59. The molecule has 0 bridgehead atoms. The molecule has 0 saturated heterocycles. The first-order valence-corrected chi connectivity index (χ1v) is 6.80. The lowest BCUT2D eigenvalue weighted by Crippen LogP contribution is -1.91. The van der Waals surface area contributed by atoms with Crippen molar-refractivity contribution in [2.75, 3.05) is 0 Å². The maximum absolute atomic E-state index is 10.9. The molecule has 0 amide bonds. The molecule has 2 heterocycles. The van der Waals surface area contributed by atoms with E-state index >= 15 is 0 Å². The maximum Gasteiger partial charge on any atom is 0.336 e. The van der Waals surface area contributed by atoms with Crippen LogP contribution in [0.4, 0.5) is 0 Å². The lowest BCUT2D eigenvalue weighted by molar-refractivity contribution is 0.0697. The number of hydrogen-bond acceptors (Lipinski definition) is 3. The first kappa shape index (κ1) is 10.5. The second-order valence-electron chi connectivity index (χ2n) is 3.65. The zero-order valence-electron chi connectivity index (χ0n) is 8.71. The van der Waals surface area contributed by atoms with Crippen molar-refractivity contribution in [1.82, 2.24) is 0 Å². The minimum atomic E-state index is -0.870. The Kier molecular flexibility index (Phi) is 2.46. The molecule has 0 fully saturated rings. The molecule has 0 aliphatic heterocycles. The van der Waals surface area contributed by atoms with Crippen molar-refractivity contribution in [3.63, 3.8) is 0 Å². The van der Waals surface area contributed by atoms with E-state index in [1.165, 1.54) is 21.4 Å². The van der Waals surface area contributed by atoms with Crippen molar-refractivity contribution in [2.45, 2.75) is 0 Å². The van der Waals surface area contributed by atoms with Crippen LogP contribution in [0.3, 0.4) is 0 Å². The highest BCUT2D eigenvalue weighted by Crippen LogP contribution is 2.35. The van der Waals surface area contributed by atoms with Gasteiger partial charge in [0.1, 0.15) is 0 Å².